The van der Waals surface area contributed by atoms with E-state index in [-0.39, 0.29) is 11.8 Å². The Hall–Kier alpha value is -2.34. The highest BCUT2D eigenvalue weighted by molar-refractivity contribution is 5.92. The van der Waals surface area contributed by atoms with Crippen LogP contribution in [0.4, 0.5) is 0 Å². The topological polar surface area (TPSA) is 53.1 Å². The zero-order chi connectivity index (χ0) is 19.1. The molecular formula is C21H29N3O3. The van der Waals surface area contributed by atoms with Crippen molar-refractivity contribution < 1.29 is 14.3 Å². The molecule has 0 radical (unpaired) electrons. The average Bonchev–Trinajstić information content (AvgIpc) is 3.14. The molecule has 0 bridgehead atoms. The minimum absolute atomic E-state index is 0.0601. The van der Waals surface area contributed by atoms with E-state index >= 15 is 0 Å². The Morgan fingerprint density at radius 3 is 2.63 bits per heavy atom. The van der Waals surface area contributed by atoms with Crippen molar-refractivity contribution in [2.75, 3.05) is 52.9 Å². The van der Waals surface area contributed by atoms with Crippen LogP contribution in [-0.2, 0) is 9.59 Å². The van der Waals surface area contributed by atoms with Crippen LogP contribution in [0.1, 0.15) is 24.8 Å². The molecule has 2 heterocycles. The van der Waals surface area contributed by atoms with Crippen LogP contribution in [0, 0.1) is 0 Å². The van der Waals surface area contributed by atoms with Gasteiger partial charge in [-0.1, -0.05) is 18.2 Å². The van der Waals surface area contributed by atoms with Gasteiger partial charge in [-0.2, -0.15) is 0 Å². The second-order valence-corrected chi connectivity index (χ2v) is 7.08. The molecule has 1 aromatic carbocycles. The fourth-order valence-corrected chi connectivity index (χ4v) is 3.66. The highest BCUT2D eigenvalue weighted by Crippen LogP contribution is 2.19. The summed E-state index contributed by atoms with van der Waals surface area (Å²) >= 11 is 0. The van der Waals surface area contributed by atoms with Gasteiger partial charge in [0.15, 0.2) is 0 Å². The van der Waals surface area contributed by atoms with Gasteiger partial charge in [-0.05, 0) is 38.1 Å². The lowest BCUT2D eigenvalue weighted by Crippen LogP contribution is -2.39. The first-order valence-corrected chi connectivity index (χ1v) is 9.77. The van der Waals surface area contributed by atoms with E-state index in [1.807, 2.05) is 29.2 Å². The minimum Gasteiger partial charge on any atom is -0.496 e. The normalized spacial score (nSPS) is 18.9. The van der Waals surface area contributed by atoms with Crippen LogP contribution in [0.3, 0.4) is 0 Å². The predicted octanol–water partition coefficient (Wildman–Crippen LogP) is 1.87. The van der Waals surface area contributed by atoms with Crippen LogP contribution in [0.25, 0.3) is 6.08 Å². The number of methoxy groups -OCH3 is 1. The Labute approximate surface area is 161 Å². The van der Waals surface area contributed by atoms with Crippen LogP contribution in [-0.4, -0.2) is 79.4 Å². The van der Waals surface area contributed by atoms with Crippen molar-refractivity contribution in [3.05, 3.63) is 35.9 Å². The molecule has 2 fully saturated rings. The predicted molar refractivity (Wildman–Crippen MR) is 105 cm³/mol. The monoisotopic (exact) mass is 371 g/mol. The number of para-hydroxylation sites is 1. The fourth-order valence-electron chi connectivity index (χ4n) is 3.66. The molecule has 0 N–H and O–H groups in total. The average molecular weight is 371 g/mol. The van der Waals surface area contributed by atoms with Gasteiger partial charge in [-0.3, -0.25) is 9.59 Å². The van der Waals surface area contributed by atoms with Crippen molar-refractivity contribution in [2.24, 2.45) is 0 Å². The summed E-state index contributed by atoms with van der Waals surface area (Å²) in [6.45, 7) is 5.65. The molecule has 3 rings (SSSR count). The van der Waals surface area contributed by atoms with Crippen LogP contribution < -0.4 is 4.74 Å². The molecule has 0 aromatic heterocycles. The minimum atomic E-state index is -0.0601. The van der Waals surface area contributed by atoms with Crippen LogP contribution in [0.15, 0.2) is 30.3 Å². The third kappa shape index (κ3) is 5.32. The van der Waals surface area contributed by atoms with Crippen LogP contribution >= 0.6 is 0 Å². The zero-order valence-electron chi connectivity index (χ0n) is 16.1. The maximum absolute atomic E-state index is 12.6. The van der Waals surface area contributed by atoms with Crippen molar-refractivity contribution in [3.63, 3.8) is 0 Å². The first-order chi connectivity index (χ1) is 13.2. The molecule has 0 unspecified atom stereocenters. The summed E-state index contributed by atoms with van der Waals surface area (Å²) in [6, 6.07) is 7.59. The Kier molecular flexibility index (Phi) is 6.87. The summed E-state index contributed by atoms with van der Waals surface area (Å²) in [5.74, 6) is 0.828. The summed E-state index contributed by atoms with van der Waals surface area (Å²) in [5.41, 5.74) is 0.867. The maximum Gasteiger partial charge on any atom is 0.246 e. The molecule has 146 valence electrons. The number of benzene rings is 1. The van der Waals surface area contributed by atoms with Crippen molar-refractivity contribution in [3.8, 4) is 5.75 Å². The van der Waals surface area contributed by atoms with E-state index in [1.165, 1.54) is 12.8 Å². The Morgan fingerprint density at radius 2 is 1.85 bits per heavy atom. The molecule has 6 nitrogen and oxygen atoms in total. The van der Waals surface area contributed by atoms with E-state index in [0.29, 0.717) is 26.1 Å². The smallest absolute Gasteiger partial charge is 0.246 e. The van der Waals surface area contributed by atoms with Gasteiger partial charge < -0.3 is 19.4 Å². The number of nitrogens with zero attached hydrogens (tertiary/aromatic N) is 3. The Morgan fingerprint density at radius 1 is 1.07 bits per heavy atom. The van der Waals surface area contributed by atoms with Crippen LogP contribution in [0.5, 0.6) is 5.75 Å². The lowest BCUT2D eigenvalue weighted by Gasteiger charge is -2.24. The quantitative estimate of drug-likeness (QED) is 0.717. The number of amides is 2. The van der Waals surface area contributed by atoms with Crippen molar-refractivity contribution in [1.29, 1.82) is 0 Å². The molecule has 0 saturated carbocycles. The summed E-state index contributed by atoms with van der Waals surface area (Å²) in [6.07, 6.45) is 6.26. The lowest BCUT2D eigenvalue weighted by atomic mass is 10.2. The number of hydrogen-bond acceptors (Lipinski definition) is 4. The molecule has 0 atom stereocenters. The van der Waals surface area contributed by atoms with Gasteiger partial charge in [-0.25, -0.2) is 0 Å². The highest BCUT2D eigenvalue weighted by Gasteiger charge is 2.23. The first kappa shape index (κ1) is 19.4. The molecule has 2 aliphatic heterocycles. The number of ether oxygens (including phenoxy) is 1. The van der Waals surface area contributed by atoms with E-state index in [0.717, 1.165) is 37.5 Å². The zero-order valence-corrected chi connectivity index (χ0v) is 16.1. The number of hydrogen-bond donors (Lipinski definition) is 0. The van der Waals surface area contributed by atoms with Gasteiger partial charge in [0.1, 0.15) is 5.75 Å². The third-order valence-corrected chi connectivity index (χ3v) is 5.33. The molecule has 0 spiro atoms. The van der Waals surface area contributed by atoms with E-state index in [2.05, 4.69) is 4.90 Å². The molecular weight excluding hydrogens is 342 g/mol. The van der Waals surface area contributed by atoms with Crippen molar-refractivity contribution >= 4 is 17.9 Å². The molecule has 27 heavy (non-hydrogen) atoms. The summed E-state index contributed by atoms with van der Waals surface area (Å²) in [7, 11) is 1.62. The van der Waals surface area contributed by atoms with Gasteiger partial charge in [-0.15, -0.1) is 0 Å². The molecule has 2 aliphatic rings. The second-order valence-electron chi connectivity index (χ2n) is 7.08. The summed E-state index contributed by atoms with van der Waals surface area (Å²) in [4.78, 5) is 31.0. The fraction of sp³-hybridized carbons (Fsp3) is 0.524. The number of carbonyl (C=O) groups is 2. The van der Waals surface area contributed by atoms with Crippen molar-refractivity contribution in [2.45, 2.75) is 19.3 Å². The van der Waals surface area contributed by atoms with Gasteiger partial charge in [0.25, 0.3) is 0 Å². The first-order valence-electron chi connectivity index (χ1n) is 9.77. The molecule has 1 aromatic rings. The number of likely N-dealkylation sites (tertiary alicyclic amines) is 1. The Balaban J connectivity index is 1.53. The van der Waals surface area contributed by atoms with E-state index < -0.39 is 0 Å². The summed E-state index contributed by atoms with van der Waals surface area (Å²) in [5, 5.41) is 0. The lowest BCUT2D eigenvalue weighted by molar-refractivity contribution is -0.130. The molecule has 2 saturated heterocycles. The molecule has 0 aliphatic carbocycles. The summed E-state index contributed by atoms with van der Waals surface area (Å²) < 4.78 is 5.31. The Bertz CT molecular complexity index is 683. The van der Waals surface area contributed by atoms with Crippen LogP contribution in [0.2, 0.25) is 0 Å². The SMILES string of the molecule is COc1ccccc1C=CC(=O)N1CCC(=O)N(CCN2CCCC2)CC1. The number of rotatable bonds is 6. The standard InChI is InChI=1S/C21H29N3O3/c1-27-19-7-3-2-6-18(19)8-9-20(25)23-13-10-21(26)24(17-16-23)15-14-22-11-4-5-12-22/h2-3,6-9H,4-5,10-17H2,1H3. The van der Waals surface area contributed by atoms with Gasteiger partial charge in [0.2, 0.25) is 11.8 Å². The molecule has 2 amide bonds. The van der Waals surface area contributed by atoms with Gasteiger partial charge in [0.05, 0.1) is 7.11 Å². The largest absolute Gasteiger partial charge is 0.496 e. The highest BCUT2D eigenvalue weighted by atomic mass is 16.5. The number of carbonyl (C=O) groups excluding carboxylic acids is 2. The van der Waals surface area contributed by atoms with E-state index in [4.69, 9.17) is 4.74 Å². The van der Waals surface area contributed by atoms with E-state index in [1.54, 1.807) is 24.2 Å². The second kappa shape index (κ2) is 9.55. The maximum atomic E-state index is 12.6. The van der Waals surface area contributed by atoms with E-state index in [9.17, 15) is 9.59 Å². The van der Waals surface area contributed by atoms with Gasteiger partial charge >= 0.3 is 0 Å². The third-order valence-electron chi connectivity index (χ3n) is 5.33. The molecule has 6 heteroatoms. The van der Waals surface area contributed by atoms with Gasteiger partial charge in [0, 0.05) is 50.8 Å². The van der Waals surface area contributed by atoms with Crippen molar-refractivity contribution in [1.82, 2.24) is 14.7 Å².